The van der Waals surface area contributed by atoms with Crippen molar-refractivity contribution in [3.8, 4) is 5.75 Å². The van der Waals surface area contributed by atoms with Gasteiger partial charge in [0.2, 0.25) is 0 Å². The second-order valence-electron chi connectivity index (χ2n) is 6.01. The van der Waals surface area contributed by atoms with Crippen molar-refractivity contribution in [2.45, 2.75) is 43.9 Å². The van der Waals surface area contributed by atoms with Crippen molar-refractivity contribution in [3.05, 3.63) is 29.8 Å². The number of Topliss-reactive ketones (excluding diaryl/α,β-unsaturated/α-hetero) is 1. The number of carbonyl (C=O) groups excluding carboxylic acids is 1. The number of rotatable bonds is 6. The average Bonchev–Trinajstić information content (AvgIpc) is 2.63. The highest BCUT2D eigenvalue weighted by Gasteiger charge is 2.41. The maximum Gasteiger partial charge on any atom is 0.452 e. The minimum absolute atomic E-state index is 0.0492. The fraction of sp³-hybridized carbons (Fsp3) is 0.500. The molecule has 0 radical (unpaired) electrons. The van der Waals surface area contributed by atoms with Crippen molar-refractivity contribution in [1.82, 2.24) is 0 Å². The van der Waals surface area contributed by atoms with Crippen LogP contribution in [-0.2, 0) is 24.7 Å². The molecule has 2 rings (SSSR count). The molecule has 1 aliphatic rings. The molecule has 1 fully saturated rings. The lowest BCUT2D eigenvalue weighted by molar-refractivity contribution is -0.120. The molecule has 0 unspecified atom stereocenters. The third kappa shape index (κ3) is 4.57. The molecule has 10 heteroatoms. The molecule has 0 atom stereocenters. The molecule has 0 saturated heterocycles. The van der Waals surface area contributed by atoms with Crippen LogP contribution in [-0.4, -0.2) is 38.2 Å². The van der Waals surface area contributed by atoms with E-state index in [4.69, 9.17) is 9.71 Å². The average molecular weight is 400 g/mol. The summed E-state index contributed by atoms with van der Waals surface area (Å²) in [6.45, 7) is 1.41. The summed E-state index contributed by atoms with van der Waals surface area (Å²) in [6, 6.07) is 4.55. The van der Waals surface area contributed by atoms with Gasteiger partial charge in [-0.15, -0.1) is 4.79 Å². The fourth-order valence-electron chi connectivity index (χ4n) is 2.77. The van der Waals surface area contributed by atoms with Gasteiger partial charge in [0.05, 0.1) is 10.6 Å². The van der Waals surface area contributed by atoms with Crippen molar-refractivity contribution >= 4 is 30.8 Å². The summed E-state index contributed by atoms with van der Waals surface area (Å²) in [5.41, 5.74) is 9.15. The standard InChI is InChI=1S/C16H20N2O6S2/c1-2-25(20,21)24-13-8-10-14(11-9-13)26(22,23)16(18-17)15(19)12-6-4-3-5-7-12/h8-12H,2-7H2,1H3. The Morgan fingerprint density at radius 3 is 2.19 bits per heavy atom. The van der Waals surface area contributed by atoms with Gasteiger partial charge in [0.15, 0.2) is 0 Å². The Morgan fingerprint density at radius 1 is 1.12 bits per heavy atom. The lowest BCUT2D eigenvalue weighted by Gasteiger charge is -2.18. The van der Waals surface area contributed by atoms with Crippen molar-refractivity contribution in [2.24, 2.45) is 5.92 Å². The van der Waals surface area contributed by atoms with Gasteiger partial charge in [0.1, 0.15) is 5.75 Å². The van der Waals surface area contributed by atoms with E-state index in [1.165, 1.54) is 19.1 Å². The molecule has 1 aromatic rings. The predicted octanol–water partition coefficient (Wildman–Crippen LogP) is 1.97. The third-order valence-electron chi connectivity index (χ3n) is 4.24. The summed E-state index contributed by atoms with van der Waals surface area (Å²) in [5.74, 6) is -1.45. The first-order chi connectivity index (χ1) is 12.2. The van der Waals surface area contributed by atoms with E-state index in [9.17, 15) is 21.6 Å². The Kier molecular flexibility index (Phi) is 6.33. The lowest BCUT2D eigenvalue weighted by Crippen LogP contribution is -2.32. The van der Waals surface area contributed by atoms with Crippen molar-refractivity contribution in [3.63, 3.8) is 0 Å². The Morgan fingerprint density at radius 2 is 1.69 bits per heavy atom. The van der Waals surface area contributed by atoms with Gasteiger partial charge in [-0.25, -0.2) is 8.42 Å². The van der Waals surface area contributed by atoms with E-state index in [-0.39, 0.29) is 16.4 Å². The zero-order valence-corrected chi connectivity index (χ0v) is 15.9. The molecule has 0 aromatic heterocycles. The van der Waals surface area contributed by atoms with Crippen molar-refractivity contribution < 1.29 is 30.6 Å². The largest absolute Gasteiger partial charge is 0.452 e. The van der Waals surface area contributed by atoms with Crippen LogP contribution in [0.1, 0.15) is 39.0 Å². The Hall–Kier alpha value is -2.03. The van der Waals surface area contributed by atoms with E-state index in [0.29, 0.717) is 12.8 Å². The van der Waals surface area contributed by atoms with E-state index in [0.717, 1.165) is 31.4 Å². The van der Waals surface area contributed by atoms with Crippen LogP contribution in [0, 0.1) is 5.92 Å². The van der Waals surface area contributed by atoms with Gasteiger partial charge in [-0.3, -0.25) is 4.79 Å². The first-order valence-corrected chi connectivity index (χ1v) is 11.3. The first kappa shape index (κ1) is 20.3. The van der Waals surface area contributed by atoms with Gasteiger partial charge in [0, 0.05) is 5.92 Å². The molecule has 1 saturated carbocycles. The zero-order chi connectivity index (χ0) is 19.4. The quantitative estimate of drug-likeness (QED) is 0.236. The summed E-state index contributed by atoms with van der Waals surface area (Å²) in [4.78, 5) is 14.9. The van der Waals surface area contributed by atoms with E-state index < -0.39 is 36.7 Å². The van der Waals surface area contributed by atoms with Crippen LogP contribution >= 0.6 is 0 Å². The number of hydrogen-bond donors (Lipinski definition) is 0. The van der Waals surface area contributed by atoms with Crippen LogP contribution in [0.5, 0.6) is 5.75 Å². The zero-order valence-electron chi connectivity index (χ0n) is 14.3. The molecule has 8 nitrogen and oxygen atoms in total. The number of ketones is 1. The molecular formula is C16H20N2O6S2. The minimum Gasteiger partial charge on any atom is -0.382 e. The summed E-state index contributed by atoms with van der Waals surface area (Å²) >= 11 is 0. The number of hydrogen-bond acceptors (Lipinski definition) is 6. The van der Waals surface area contributed by atoms with Crippen LogP contribution < -0.4 is 4.18 Å². The molecule has 0 amide bonds. The molecule has 0 bridgehead atoms. The number of nitrogens with zero attached hydrogens (tertiary/aromatic N) is 2. The van der Waals surface area contributed by atoms with Crippen LogP contribution in [0.4, 0.5) is 0 Å². The highest BCUT2D eigenvalue weighted by atomic mass is 32.2. The number of sulfone groups is 1. The molecule has 26 heavy (non-hydrogen) atoms. The van der Waals surface area contributed by atoms with Crippen LogP contribution in [0.3, 0.4) is 0 Å². The lowest BCUT2D eigenvalue weighted by atomic mass is 9.86. The maximum absolute atomic E-state index is 12.6. The van der Waals surface area contributed by atoms with E-state index >= 15 is 0 Å². The summed E-state index contributed by atoms with van der Waals surface area (Å²) in [5, 5.41) is -0.890. The smallest absolute Gasteiger partial charge is 0.382 e. The topological polar surface area (TPSA) is 131 Å². The monoisotopic (exact) mass is 400 g/mol. The normalized spacial score (nSPS) is 15.9. The summed E-state index contributed by atoms with van der Waals surface area (Å²) < 4.78 is 52.9. The number of carbonyl (C=O) groups is 1. The van der Waals surface area contributed by atoms with E-state index in [2.05, 4.69) is 4.79 Å². The molecule has 0 N–H and O–H groups in total. The Bertz CT molecular complexity index is 923. The Labute approximate surface area is 152 Å². The minimum atomic E-state index is -4.32. The van der Waals surface area contributed by atoms with Gasteiger partial charge < -0.3 is 9.71 Å². The third-order valence-corrected chi connectivity index (χ3v) is 7.08. The van der Waals surface area contributed by atoms with Gasteiger partial charge in [0.25, 0.3) is 15.6 Å². The summed E-state index contributed by atoms with van der Waals surface area (Å²) in [7, 11) is -8.06. The highest BCUT2D eigenvalue weighted by molar-refractivity contribution is 8.08. The molecule has 0 spiro atoms. The van der Waals surface area contributed by atoms with Crippen molar-refractivity contribution in [2.75, 3.05) is 5.75 Å². The maximum atomic E-state index is 12.6. The molecule has 1 aliphatic carbocycles. The van der Waals surface area contributed by atoms with Gasteiger partial charge >= 0.3 is 15.2 Å². The van der Waals surface area contributed by atoms with Crippen LogP contribution in [0.15, 0.2) is 29.2 Å². The van der Waals surface area contributed by atoms with Crippen LogP contribution in [0.25, 0.3) is 5.53 Å². The van der Waals surface area contributed by atoms with Crippen LogP contribution in [0.2, 0.25) is 0 Å². The van der Waals surface area contributed by atoms with Gasteiger partial charge in [-0.05, 0) is 44.0 Å². The van der Waals surface area contributed by atoms with Gasteiger partial charge in [-0.2, -0.15) is 8.42 Å². The SMILES string of the molecule is CCS(=O)(=O)Oc1ccc(S(=O)(=O)C(=[N+]=[N-])C(=O)C2CCCCC2)cc1. The fourth-order valence-corrected chi connectivity index (χ4v) is 4.55. The molecular weight excluding hydrogens is 380 g/mol. The molecule has 142 valence electrons. The second-order valence-corrected chi connectivity index (χ2v) is 9.73. The molecule has 0 aliphatic heterocycles. The highest BCUT2D eigenvalue weighted by Crippen LogP contribution is 2.27. The Balaban J connectivity index is 2.27. The second kappa shape index (κ2) is 8.11. The van der Waals surface area contributed by atoms with Gasteiger partial charge in [-0.1, -0.05) is 19.3 Å². The van der Waals surface area contributed by atoms with Crippen molar-refractivity contribution in [1.29, 1.82) is 0 Å². The van der Waals surface area contributed by atoms with E-state index in [1.807, 2.05) is 0 Å². The molecule has 1 aromatic carbocycles. The predicted molar refractivity (Wildman–Crippen MR) is 93.9 cm³/mol. The number of benzene rings is 1. The molecule has 0 heterocycles. The van der Waals surface area contributed by atoms with E-state index in [1.54, 1.807) is 0 Å². The summed E-state index contributed by atoms with van der Waals surface area (Å²) in [6.07, 6.45) is 3.77. The first-order valence-electron chi connectivity index (χ1n) is 8.25.